The third-order valence-electron chi connectivity index (χ3n) is 6.30. The monoisotopic (exact) mass is 551 g/mol. The molecule has 0 heterocycles. The van der Waals surface area contributed by atoms with Crippen LogP contribution in [0.25, 0.3) is 0 Å². The number of rotatable bonds is 13. The van der Waals surface area contributed by atoms with Crippen molar-refractivity contribution in [3.63, 3.8) is 0 Å². The maximum absolute atomic E-state index is 14.0. The van der Waals surface area contributed by atoms with Crippen molar-refractivity contribution in [3.8, 4) is 5.75 Å². The zero-order valence-corrected chi connectivity index (χ0v) is 23.8. The van der Waals surface area contributed by atoms with Crippen molar-refractivity contribution < 1.29 is 22.7 Å². The Bertz CT molecular complexity index is 1340. The average molecular weight is 552 g/mol. The van der Waals surface area contributed by atoms with E-state index in [9.17, 15) is 18.0 Å². The van der Waals surface area contributed by atoms with E-state index in [0.717, 1.165) is 33.7 Å². The highest BCUT2D eigenvalue weighted by molar-refractivity contribution is 7.92. The van der Waals surface area contributed by atoms with Gasteiger partial charge in [0.15, 0.2) is 0 Å². The molecule has 0 fully saturated rings. The Morgan fingerprint density at radius 2 is 1.62 bits per heavy atom. The fourth-order valence-corrected chi connectivity index (χ4v) is 5.14. The first-order valence-corrected chi connectivity index (χ1v) is 14.8. The van der Waals surface area contributed by atoms with Crippen molar-refractivity contribution in [3.05, 3.63) is 95.6 Å². The maximum Gasteiger partial charge on any atom is 0.244 e. The van der Waals surface area contributed by atoms with Crippen LogP contribution in [-0.4, -0.2) is 57.6 Å². The molecule has 3 rings (SSSR count). The van der Waals surface area contributed by atoms with E-state index >= 15 is 0 Å². The van der Waals surface area contributed by atoms with Crippen LogP contribution in [0.15, 0.2) is 78.9 Å². The Labute approximate surface area is 231 Å². The molecule has 0 aromatic heterocycles. The standard InChI is InChI=1S/C30H37N3O5S/c1-5-18-31-30(35)28(20-24-11-7-6-8-12-24)32(21-25-13-9-10-23(2)19-25)29(34)22-33(39(4,36)37)26-14-16-27(38-3)17-15-26/h6-17,19,28H,5,18,20-22H2,1-4H3,(H,31,35)/t28-/m0/s1. The summed E-state index contributed by atoms with van der Waals surface area (Å²) in [5.74, 6) is -0.197. The molecular formula is C30H37N3O5S. The molecule has 1 atom stereocenters. The van der Waals surface area contributed by atoms with Crippen LogP contribution in [0.1, 0.15) is 30.0 Å². The van der Waals surface area contributed by atoms with Gasteiger partial charge in [-0.05, 0) is 48.7 Å². The minimum absolute atomic E-state index is 0.151. The minimum atomic E-state index is -3.82. The van der Waals surface area contributed by atoms with Crippen LogP contribution in [-0.2, 0) is 32.6 Å². The number of aryl methyl sites for hydroxylation is 1. The van der Waals surface area contributed by atoms with Gasteiger partial charge in [-0.25, -0.2) is 8.42 Å². The van der Waals surface area contributed by atoms with E-state index < -0.39 is 28.5 Å². The number of hydrogen-bond acceptors (Lipinski definition) is 5. The first kappa shape index (κ1) is 29.7. The van der Waals surface area contributed by atoms with E-state index in [0.29, 0.717) is 18.0 Å². The van der Waals surface area contributed by atoms with E-state index in [1.54, 1.807) is 24.3 Å². The van der Waals surface area contributed by atoms with Gasteiger partial charge in [0, 0.05) is 19.5 Å². The second kappa shape index (κ2) is 13.8. The summed E-state index contributed by atoms with van der Waals surface area (Å²) in [6.07, 6.45) is 2.09. The normalized spacial score (nSPS) is 11.9. The Kier molecular flexibility index (Phi) is 10.5. The first-order chi connectivity index (χ1) is 18.6. The van der Waals surface area contributed by atoms with E-state index in [-0.39, 0.29) is 18.9 Å². The van der Waals surface area contributed by atoms with Crippen molar-refractivity contribution in [2.24, 2.45) is 0 Å². The Morgan fingerprint density at radius 3 is 2.21 bits per heavy atom. The van der Waals surface area contributed by atoms with E-state index in [4.69, 9.17) is 4.74 Å². The highest BCUT2D eigenvalue weighted by atomic mass is 32.2. The molecule has 0 spiro atoms. The van der Waals surface area contributed by atoms with Gasteiger partial charge in [0.2, 0.25) is 21.8 Å². The number of ether oxygens (including phenoxy) is 1. The highest BCUT2D eigenvalue weighted by Gasteiger charge is 2.33. The van der Waals surface area contributed by atoms with Crippen LogP contribution in [0.2, 0.25) is 0 Å². The number of sulfonamides is 1. The predicted octanol–water partition coefficient (Wildman–Crippen LogP) is 3.94. The lowest BCUT2D eigenvalue weighted by atomic mass is 10.0. The summed E-state index contributed by atoms with van der Waals surface area (Å²) in [6.45, 7) is 4.08. The molecule has 0 aliphatic rings. The number of anilines is 1. The fraction of sp³-hybridized carbons (Fsp3) is 0.333. The van der Waals surface area contributed by atoms with Crippen molar-refractivity contribution in [1.29, 1.82) is 0 Å². The van der Waals surface area contributed by atoms with Gasteiger partial charge in [0.1, 0.15) is 18.3 Å². The molecule has 39 heavy (non-hydrogen) atoms. The molecule has 8 nitrogen and oxygen atoms in total. The van der Waals surface area contributed by atoms with Gasteiger partial charge in [-0.2, -0.15) is 0 Å². The van der Waals surface area contributed by atoms with Gasteiger partial charge in [-0.15, -0.1) is 0 Å². The third-order valence-corrected chi connectivity index (χ3v) is 7.44. The topological polar surface area (TPSA) is 96.0 Å². The van der Waals surface area contributed by atoms with E-state index in [1.165, 1.54) is 12.0 Å². The number of carbonyl (C=O) groups excluding carboxylic acids is 2. The van der Waals surface area contributed by atoms with Crippen molar-refractivity contribution >= 4 is 27.5 Å². The lowest BCUT2D eigenvalue weighted by Gasteiger charge is -2.33. The molecule has 3 aromatic carbocycles. The number of nitrogens with zero attached hydrogens (tertiary/aromatic N) is 2. The number of hydrogen-bond donors (Lipinski definition) is 1. The van der Waals surface area contributed by atoms with Crippen LogP contribution in [0.3, 0.4) is 0 Å². The van der Waals surface area contributed by atoms with E-state index in [1.807, 2.05) is 68.4 Å². The summed E-state index contributed by atoms with van der Waals surface area (Å²) in [4.78, 5) is 29.0. The number of nitrogens with one attached hydrogen (secondary N) is 1. The second-order valence-electron chi connectivity index (χ2n) is 9.47. The molecule has 0 aliphatic carbocycles. The molecule has 2 amide bonds. The van der Waals surface area contributed by atoms with Gasteiger partial charge in [-0.1, -0.05) is 67.1 Å². The summed E-state index contributed by atoms with van der Waals surface area (Å²) in [5, 5.41) is 2.93. The van der Waals surface area contributed by atoms with E-state index in [2.05, 4.69) is 5.32 Å². The lowest BCUT2D eigenvalue weighted by Crippen LogP contribution is -2.53. The SMILES string of the molecule is CCCNC(=O)[C@H](Cc1ccccc1)N(Cc1cccc(C)c1)C(=O)CN(c1ccc(OC)cc1)S(C)(=O)=O. The number of benzene rings is 3. The molecule has 0 aliphatic heterocycles. The average Bonchev–Trinajstić information content (AvgIpc) is 2.92. The Morgan fingerprint density at radius 1 is 0.949 bits per heavy atom. The minimum Gasteiger partial charge on any atom is -0.497 e. The van der Waals surface area contributed by atoms with Crippen LogP contribution < -0.4 is 14.4 Å². The Hall–Kier alpha value is -3.85. The molecule has 208 valence electrons. The van der Waals surface area contributed by atoms with Gasteiger partial charge in [-0.3, -0.25) is 13.9 Å². The molecule has 3 aromatic rings. The summed E-state index contributed by atoms with van der Waals surface area (Å²) >= 11 is 0. The van der Waals surface area contributed by atoms with Gasteiger partial charge in [0.25, 0.3) is 0 Å². The van der Waals surface area contributed by atoms with Gasteiger partial charge in [0.05, 0.1) is 19.1 Å². The smallest absolute Gasteiger partial charge is 0.244 e. The zero-order valence-electron chi connectivity index (χ0n) is 23.0. The van der Waals surface area contributed by atoms with Crippen molar-refractivity contribution in [2.75, 3.05) is 30.8 Å². The largest absolute Gasteiger partial charge is 0.497 e. The molecule has 0 saturated carbocycles. The molecular weight excluding hydrogens is 514 g/mol. The summed E-state index contributed by atoms with van der Waals surface area (Å²) in [5.41, 5.74) is 3.09. The summed E-state index contributed by atoms with van der Waals surface area (Å²) in [7, 11) is -2.30. The van der Waals surface area contributed by atoms with Gasteiger partial charge < -0.3 is 15.0 Å². The predicted molar refractivity (Wildman–Crippen MR) is 154 cm³/mol. The van der Waals surface area contributed by atoms with Crippen LogP contribution in [0.5, 0.6) is 5.75 Å². The van der Waals surface area contributed by atoms with Crippen LogP contribution >= 0.6 is 0 Å². The number of amides is 2. The first-order valence-electron chi connectivity index (χ1n) is 12.9. The summed E-state index contributed by atoms with van der Waals surface area (Å²) < 4.78 is 31.9. The summed E-state index contributed by atoms with van der Waals surface area (Å²) in [6, 6.07) is 22.8. The number of carbonyl (C=O) groups is 2. The molecule has 9 heteroatoms. The van der Waals surface area contributed by atoms with Crippen LogP contribution in [0, 0.1) is 6.92 Å². The zero-order chi connectivity index (χ0) is 28.4. The molecule has 0 unspecified atom stereocenters. The molecule has 1 N–H and O–H groups in total. The molecule has 0 saturated heterocycles. The quantitative estimate of drug-likeness (QED) is 0.347. The van der Waals surface area contributed by atoms with Crippen molar-refractivity contribution in [2.45, 2.75) is 39.3 Å². The second-order valence-corrected chi connectivity index (χ2v) is 11.4. The van der Waals surface area contributed by atoms with Gasteiger partial charge >= 0.3 is 0 Å². The fourth-order valence-electron chi connectivity index (χ4n) is 4.29. The number of methoxy groups -OCH3 is 1. The molecule has 0 radical (unpaired) electrons. The lowest BCUT2D eigenvalue weighted by molar-refractivity contribution is -0.140. The highest BCUT2D eigenvalue weighted by Crippen LogP contribution is 2.23. The molecule has 0 bridgehead atoms. The third kappa shape index (κ3) is 8.58. The van der Waals surface area contributed by atoms with Crippen LogP contribution in [0.4, 0.5) is 5.69 Å². The Balaban J connectivity index is 2.03. The maximum atomic E-state index is 14.0. The van der Waals surface area contributed by atoms with Crippen molar-refractivity contribution in [1.82, 2.24) is 10.2 Å².